The second-order valence-electron chi connectivity index (χ2n) is 5.74. The molecule has 0 aromatic heterocycles. The number of sulfonamides is 1. The first kappa shape index (κ1) is 16.5. The first-order valence-electron chi connectivity index (χ1n) is 7.87. The van der Waals surface area contributed by atoms with Gasteiger partial charge in [0.1, 0.15) is 0 Å². The van der Waals surface area contributed by atoms with Crippen LogP contribution in [0, 0.1) is 0 Å². The highest BCUT2D eigenvalue weighted by atomic mass is 32.2. The summed E-state index contributed by atoms with van der Waals surface area (Å²) in [6, 6.07) is 7.37. The molecule has 1 aromatic rings. The smallest absolute Gasteiger partial charge is 0.243 e. The molecule has 118 valence electrons. The zero-order valence-corrected chi connectivity index (χ0v) is 13.8. The molecule has 1 unspecified atom stereocenters. The maximum absolute atomic E-state index is 12.8. The SMILES string of the molecule is CCNCc1ccc(S(=O)(=O)N2CCCCCC2C)cc1. The van der Waals surface area contributed by atoms with Crippen LogP contribution in [0.4, 0.5) is 0 Å². The van der Waals surface area contributed by atoms with Crippen molar-refractivity contribution in [3.8, 4) is 0 Å². The van der Waals surface area contributed by atoms with Gasteiger partial charge in [-0.1, -0.05) is 31.9 Å². The van der Waals surface area contributed by atoms with Crippen molar-refractivity contribution in [1.82, 2.24) is 9.62 Å². The Bertz CT molecular complexity index is 540. The minimum absolute atomic E-state index is 0.0962. The van der Waals surface area contributed by atoms with Gasteiger partial charge in [-0.25, -0.2) is 8.42 Å². The fourth-order valence-electron chi connectivity index (χ4n) is 2.79. The molecule has 4 nitrogen and oxygen atoms in total. The molecule has 1 aliphatic rings. The molecule has 0 bridgehead atoms. The maximum atomic E-state index is 12.8. The van der Waals surface area contributed by atoms with Crippen LogP contribution in [0.5, 0.6) is 0 Å². The summed E-state index contributed by atoms with van der Waals surface area (Å²) in [6.45, 7) is 6.40. The molecule has 1 aliphatic heterocycles. The predicted molar refractivity (Wildman–Crippen MR) is 85.6 cm³/mol. The van der Waals surface area contributed by atoms with Gasteiger partial charge < -0.3 is 5.32 Å². The number of nitrogens with zero attached hydrogens (tertiary/aromatic N) is 1. The van der Waals surface area contributed by atoms with Crippen LogP contribution in [-0.2, 0) is 16.6 Å². The van der Waals surface area contributed by atoms with Gasteiger partial charge in [-0.15, -0.1) is 0 Å². The summed E-state index contributed by atoms with van der Waals surface area (Å²) in [4.78, 5) is 0.413. The van der Waals surface area contributed by atoms with Crippen molar-refractivity contribution in [1.29, 1.82) is 0 Å². The summed E-state index contributed by atoms with van der Waals surface area (Å²) >= 11 is 0. The van der Waals surface area contributed by atoms with Gasteiger partial charge >= 0.3 is 0 Å². The second-order valence-corrected chi connectivity index (χ2v) is 7.63. The van der Waals surface area contributed by atoms with E-state index in [1.54, 1.807) is 16.4 Å². The topological polar surface area (TPSA) is 49.4 Å². The van der Waals surface area contributed by atoms with E-state index in [9.17, 15) is 8.42 Å². The second kappa shape index (κ2) is 7.38. The number of hydrogen-bond acceptors (Lipinski definition) is 3. The Kier molecular flexibility index (Phi) is 5.79. The average molecular weight is 310 g/mol. The zero-order valence-electron chi connectivity index (χ0n) is 13.0. The molecule has 1 saturated heterocycles. The molecule has 0 amide bonds. The minimum atomic E-state index is -3.36. The monoisotopic (exact) mass is 310 g/mol. The quantitative estimate of drug-likeness (QED) is 0.910. The lowest BCUT2D eigenvalue weighted by molar-refractivity contribution is 0.342. The first-order chi connectivity index (χ1) is 10.1. The molecular formula is C16H26N2O2S. The maximum Gasteiger partial charge on any atom is 0.243 e. The molecule has 1 atom stereocenters. The van der Waals surface area contributed by atoms with Crippen LogP contribution in [0.1, 0.15) is 45.1 Å². The van der Waals surface area contributed by atoms with Gasteiger partial charge in [0.15, 0.2) is 0 Å². The lowest BCUT2D eigenvalue weighted by Crippen LogP contribution is -2.38. The van der Waals surface area contributed by atoms with Crippen LogP contribution in [0.25, 0.3) is 0 Å². The Balaban J connectivity index is 2.18. The number of hydrogen-bond donors (Lipinski definition) is 1. The Hall–Kier alpha value is -0.910. The van der Waals surface area contributed by atoms with E-state index < -0.39 is 10.0 Å². The molecule has 1 N–H and O–H groups in total. The minimum Gasteiger partial charge on any atom is -0.313 e. The van der Waals surface area contributed by atoms with E-state index >= 15 is 0 Å². The van der Waals surface area contributed by atoms with Gasteiger partial charge in [0.2, 0.25) is 10.0 Å². The largest absolute Gasteiger partial charge is 0.313 e. The van der Waals surface area contributed by atoms with Crippen LogP contribution < -0.4 is 5.32 Å². The van der Waals surface area contributed by atoms with Crippen LogP contribution in [-0.4, -0.2) is 31.9 Å². The van der Waals surface area contributed by atoms with Gasteiger partial charge in [0.05, 0.1) is 4.90 Å². The van der Waals surface area contributed by atoms with Crippen LogP contribution in [0.15, 0.2) is 29.2 Å². The van der Waals surface area contributed by atoms with Gasteiger partial charge in [0.25, 0.3) is 0 Å². The predicted octanol–water partition coefficient (Wildman–Crippen LogP) is 2.75. The molecule has 1 fully saturated rings. The average Bonchev–Trinajstić information content (AvgIpc) is 2.70. The standard InChI is InChI=1S/C16H26N2O2S/c1-3-17-13-15-8-10-16(11-9-15)21(19,20)18-12-6-4-5-7-14(18)2/h8-11,14,17H,3-7,12-13H2,1-2H3. The molecule has 0 saturated carbocycles. The molecular weight excluding hydrogens is 284 g/mol. The van der Waals surface area contributed by atoms with Crippen LogP contribution in [0.2, 0.25) is 0 Å². The number of nitrogens with one attached hydrogen (secondary N) is 1. The van der Waals surface area contributed by atoms with Crippen molar-refractivity contribution < 1.29 is 8.42 Å². The normalized spacial score (nSPS) is 21.1. The van der Waals surface area contributed by atoms with E-state index in [1.165, 1.54) is 0 Å². The zero-order chi connectivity index (χ0) is 15.3. The summed E-state index contributed by atoms with van der Waals surface area (Å²) in [7, 11) is -3.36. The van der Waals surface area contributed by atoms with E-state index in [1.807, 2.05) is 19.1 Å². The van der Waals surface area contributed by atoms with Crippen molar-refractivity contribution in [2.24, 2.45) is 0 Å². The highest BCUT2D eigenvalue weighted by Gasteiger charge is 2.29. The Labute approximate surface area is 128 Å². The molecule has 2 rings (SSSR count). The van der Waals surface area contributed by atoms with E-state index in [4.69, 9.17) is 0 Å². The third-order valence-electron chi connectivity index (χ3n) is 4.10. The van der Waals surface area contributed by atoms with Crippen LogP contribution >= 0.6 is 0 Å². The third kappa shape index (κ3) is 4.05. The highest BCUT2D eigenvalue weighted by Crippen LogP contribution is 2.24. The lowest BCUT2D eigenvalue weighted by Gasteiger charge is -2.26. The summed E-state index contributed by atoms with van der Waals surface area (Å²) in [5.41, 5.74) is 1.11. The van der Waals surface area contributed by atoms with E-state index in [-0.39, 0.29) is 6.04 Å². The van der Waals surface area contributed by atoms with Crippen molar-refractivity contribution >= 4 is 10.0 Å². The molecule has 1 aromatic carbocycles. The van der Waals surface area contributed by atoms with Crippen LogP contribution in [0.3, 0.4) is 0 Å². The van der Waals surface area contributed by atoms with E-state index in [0.717, 1.165) is 44.3 Å². The van der Waals surface area contributed by atoms with Crippen molar-refractivity contribution in [2.75, 3.05) is 13.1 Å². The summed E-state index contributed by atoms with van der Waals surface area (Å²) in [5.74, 6) is 0. The lowest BCUT2D eigenvalue weighted by atomic mass is 10.1. The molecule has 5 heteroatoms. The van der Waals surface area contributed by atoms with E-state index in [0.29, 0.717) is 11.4 Å². The fraction of sp³-hybridized carbons (Fsp3) is 0.625. The van der Waals surface area contributed by atoms with Gasteiger partial charge in [0, 0.05) is 19.1 Å². The Morgan fingerprint density at radius 3 is 2.57 bits per heavy atom. The number of benzene rings is 1. The molecule has 1 heterocycles. The van der Waals surface area contributed by atoms with Gasteiger partial charge in [-0.3, -0.25) is 0 Å². The molecule has 0 aliphatic carbocycles. The van der Waals surface area contributed by atoms with E-state index in [2.05, 4.69) is 12.2 Å². The summed E-state index contributed by atoms with van der Waals surface area (Å²) in [6.07, 6.45) is 4.16. The van der Waals surface area contributed by atoms with Crippen molar-refractivity contribution in [3.05, 3.63) is 29.8 Å². The Morgan fingerprint density at radius 2 is 1.90 bits per heavy atom. The van der Waals surface area contributed by atoms with Crippen molar-refractivity contribution in [2.45, 2.75) is 57.0 Å². The van der Waals surface area contributed by atoms with Crippen molar-refractivity contribution in [3.63, 3.8) is 0 Å². The Morgan fingerprint density at radius 1 is 1.19 bits per heavy atom. The fourth-order valence-corrected chi connectivity index (χ4v) is 4.49. The van der Waals surface area contributed by atoms with Gasteiger partial charge in [-0.2, -0.15) is 4.31 Å². The third-order valence-corrected chi connectivity index (χ3v) is 6.13. The molecule has 21 heavy (non-hydrogen) atoms. The first-order valence-corrected chi connectivity index (χ1v) is 9.31. The molecule has 0 spiro atoms. The van der Waals surface area contributed by atoms with Gasteiger partial charge in [-0.05, 0) is 44.0 Å². The summed E-state index contributed by atoms with van der Waals surface area (Å²) in [5, 5.41) is 3.24. The highest BCUT2D eigenvalue weighted by molar-refractivity contribution is 7.89. The number of rotatable bonds is 5. The molecule has 0 radical (unpaired) electrons. The summed E-state index contributed by atoms with van der Waals surface area (Å²) < 4.78 is 27.3.